The number of amides is 2. The summed E-state index contributed by atoms with van der Waals surface area (Å²) >= 11 is 4.31. The Hall–Kier alpha value is -2.29. The largest absolute Gasteiger partial charge is 0.493 e. The van der Waals surface area contributed by atoms with Gasteiger partial charge in [-0.15, -0.1) is 0 Å². The number of benzene rings is 2. The van der Waals surface area contributed by atoms with E-state index in [1.54, 1.807) is 32.4 Å². The number of carbonyl (C=O) groups is 2. The number of halogens is 1. The molecule has 0 saturated carbocycles. The van der Waals surface area contributed by atoms with Gasteiger partial charge in [0.1, 0.15) is 6.61 Å². The van der Waals surface area contributed by atoms with Crippen LogP contribution in [0.25, 0.3) is 6.08 Å². The second-order valence-electron chi connectivity index (χ2n) is 6.15. The Balaban J connectivity index is 1.75. The van der Waals surface area contributed by atoms with Gasteiger partial charge in [0.2, 0.25) is 0 Å². The maximum Gasteiger partial charge on any atom is 0.293 e. The summed E-state index contributed by atoms with van der Waals surface area (Å²) in [6, 6.07) is 12.9. The van der Waals surface area contributed by atoms with E-state index in [2.05, 4.69) is 15.9 Å². The van der Waals surface area contributed by atoms with E-state index >= 15 is 0 Å². The molecule has 0 bridgehead atoms. The minimum absolute atomic E-state index is 0.241. The highest BCUT2D eigenvalue weighted by molar-refractivity contribution is 9.10. The molecule has 1 aliphatic rings. The molecule has 1 saturated heterocycles. The Morgan fingerprint density at radius 2 is 1.79 bits per heavy atom. The molecular weight excluding hydrogens is 458 g/mol. The average Bonchev–Trinajstić information content (AvgIpc) is 2.98. The Labute approximate surface area is 181 Å². The first-order chi connectivity index (χ1) is 14.0. The van der Waals surface area contributed by atoms with Gasteiger partial charge in [0.05, 0.1) is 25.2 Å². The number of carbonyl (C=O) groups excluding carboxylic acids is 2. The number of ether oxygens (including phenoxy) is 3. The number of nitrogens with zero attached hydrogens (tertiary/aromatic N) is 1. The normalized spacial score (nSPS) is 15.3. The lowest BCUT2D eigenvalue weighted by molar-refractivity contribution is -0.123. The van der Waals surface area contributed by atoms with Crippen LogP contribution in [0.2, 0.25) is 0 Å². The van der Waals surface area contributed by atoms with Crippen LogP contribution >= 0.6 is 27.7 Å². The third kappa shape index (κ3) is 5.41. The monoisotopic (exact) mass is 477 g/mol. The second kappa shape index (κ2) is 9.96. The van der Waals surface area contributed by atoms with Crippen molar-refractivity contribution in [1.29, 1.82) is 0 Å². The fourth-order valence-corrected chi connectivity index (χ4v) is 3.79. The molecule has 0 aliphatic carbocycles. The molecule has 0 radical (unpaired) electrons. The van der Waals surface area contributed by atoms with Gasteiger partial charge in [-0.05, 0) is 53.2 Å². The summed E-state index contributed by atoms with van der Waals surface area (Å²) in [5.41, 5.74) is 1.63. The van der Waals surface area contributed by atoms with Crippen molar-refractivity contribution in [2.45, 2.75) is 6.54 Å². The molecule has 8 heteroatoms. The van der Waals surface area contributed by atoms with E-state index in [9.17, 15) is 9.59 Å². The van der Waals surface area contributed by atoms with Gasteiger partial charge < -0.3 is 14.2 Å². The maximum atomic E-state index is 12.7. The summed E-state index contributed by atoms with van der Waals surface area (Å²) in [7, 11) is 3.15. The van der Waals surface area contributed by atoms with Crippen molar-refractivity contribution in [2.75, 3.05) is 27.4 Å². The number of thioether (sulfide) groups is 1. The first kappa shape index (κ1) is 21.4. The Morgan fingerprint density at radius 3 is 2.48 bits per heavy atom. The lowest BCUT2D eigenvalue weighted by Crippen LogP contribution is -2.27. The summed E-state index contributed by atoms with van der Waals surface area (Å²) in [5, 5.41) is -0.282. The summed E-state index contributed by atoms with van der Waals surface area (Å²) in [4.78, 5) is 26.7. The zero-order chi connectivity index (χ0) is 20.8. The highest BCUT2D eigenvalue weighted by Crippen LogP contribution is 2.35. The minimum Gasteiger partial charge on any atom is -0.493 e. The highest BCUT2D eigenvalue weighted by Gasteiger charge is 2.35. The van der Waals surface area contributed by atoms with Gasteiger partial charge in [-0.1, -0.05) is 34.1 Å². The van der Waals surface area contributed by atoms with Crippen LogP contribution in [-0.2, 0) is 16.1 Å². The number of hydrogen-bond donors (Lipinski definition) is 0. The third-order valence-electron chi connectivity index (χ3n) is 4.16. The number of imide groups is 1. The van der Waals surface area contributed by atoms with Crippen LogP contribution in [0.5, 0.6) is 11.5 Å². The van der Waals surface area contributed by atoms with Crippen molar-refractivity contribution in [1.82, 2.24) is 4.90 Å². The van der Waals surface area contributed by atoms with E-state index in [0.29, 0.717) is 29.6 Å². The predicted octanol–water partition coefficient (Wildman–Crippen LogP) is 4.72. The SMILES string of the molecule is COCCOc1ccc(/C=C2\SC(=O)N(Cc3ccc(Br)cc3)C2=O)cc1OC. The Kier molecular flexibility index (Phi) is 7.35. The van der Waals surface area contributed by atoms with Gasteiger partial charge in [-0.25, -0.2) is 0 Å². The maximum absolute atomic E-state index is 12.7. The van der Waals surface area contributed by atoms with E-state index in [0.717, 1.165) is 27.4 Å². The molecule has 1 heterocycles. The molecule has 152 valence electrons. The van der Waals surface area contributed by atoms with Crippen LogP contribution in [0.1, 0.15) is 11.1 Å². The molecule has 2 amide bonds. The zero-order valence-electron chi connectivity index (χ0n) is 16.0. The van der Waals surface area contributed by atoms with Gasteiger partial charge in [0.25, 0.3) is 11.1 Å². The van der Waals surface area contributed by atoms with Crippen molar-refractivity contribution in [3.63, 3.8) is 0 Å². The Morgan fingerprint density at radius 1 is 1.03 bits per heavy atom. The molecule has 0 atom stereocenters. The Bertz CT molecular complexity index is 929. The third-order valence-corrected chi connectivity index (χ3v) is 5.59. The van der Waals surface area contributed by atoms with E-state index in [1.165, 1.54) is 4.90 Å². The molecule has 0 spiro atoms. The molecule has 1 aliphatic heterocycles. The molecular formula is C21H20BrNO5S. The van der Waals surface area contributed by atoms with Gasteiger partial charge in [-0.3, -0.25) is 14.5 Å². The summed E-state index contributed by atoms with van der Waals surface area (Å²) in [6.07, 6.45) is 1.69. The number of methoxy groups -OCH3 is 2. The van der Waals surface area contributed by atoms with Crippen LogP contribution in [-0.4, -0.2) is 43.5 Å². The minimum atomic E-state index is -0.303. The number of hydrogen-bond acceptors (Lipinski definition) is 6. The van der Waals surface area contributed by atoms with Gasteiger partial charge in [0, 0.05) is 11.6 Å². The fraction of sp³-hybridized carbons (Fsp3) is 0.238. The van der Waals surface area contributed by atoms with E-state index in [4.69, 9.17) is 14.2 Å². The molecule has 3 rings (SSSR count). The van der Waals surface area contributed by atoms with Crippen molar-refractivity contribution < 1.29 is 23.8 Å². The average molecular weight is 478 g/mol. The van der Waals surface area contributed by atoms with Crippen molar-refractivity contribution in [3.8, 4) is 11.5 Å². The van der Waals surface area contributed by atoms with E-state index in [1.807, 2.05) is 30.3 Å². The molecule has 6 nitrogen and oxygen atoms in total. The van der Waals surface area contributed by atoms with Crippen LogP contribution in [0.3, 0.4) is 0 Å². The predicted molar refractivity (Wildman–Crippen MR) is 116 cm³/mol. The lowest BCUT2D eigenvalue weighted by atomic mass is 10.1. The van der Waals surface area contributed by atoms with Crippen molar-refractivity contribution in [2.24, 2.45) is 0 Å². The van der Waals surface area contributed by atoms with Crippen molar-refractivity contribution in [3.05, 3.63) is 63.0 Å². The number of rotatable bonds is 8. The molecule has 2 aromatic rings. The van der Waals surface area contributed by atoms with Crippen molar-refractivity contribution >= 4 is 44.9 Å². The van der Waals surface area contributed by atoms with Gasteiger partial charge in [0.15, 0.2) is 11.5 Å². The van der Waals surface area contributed by atoms with E-state index < -0.39 is 0 Å². The molecule has 2 aromatic carbocycles. The quantitative estimate of drug-likeness (QED) is 0.404. The molecule has 0 N–H and O–H groups in total. The standard InChI is InChI=1S/C21H20BrNO5S/c1-26-9-10-28-17-8-5-15(11-18(17)27-2)12-19-20(24)23(21(25)29-19)13-14-3-6-16(22)7-4-14/h3-8,11-12H,9-10,13H2,1-2H3/b19-12-. The first-order valence-electron chi connectivity index (χ1n) is 8.81. The smallest absolute Gasteiger partial charge is 0.293 e. The summed E-state index contributed by atoms with van der Waals surface area (Å²) in [5.74, 6) is 0.830. The van der Waals surface area contributed by atoms with Crippen LogP contribution < -0.4 is 9.47 Å². The molecule has 1 fully saturated rings. The first-order valence-corrected chi connectivity index (χ1v) is 10.4. The highest BCUT2D eigenvalue weighted by atomic mass is 79.9. The fourth-order valence-electron chi connectivity index (χ4n) is 2.69. The molecule has 0 aromatic heterocycles. The van der Waals surface area contributed by atoms with Crippen LogP contribution in [0, 0.1) is 0 Å². The molecule has 29 heavy (non-hydrogen) atoms. The second-order valence-corrected chi connectivity index (χ2v) is 8.05. The topological polar surface area (TPSA) is 65.1 Å². The van der Waals surface area contributed by atoms with Crippen LogP contribution in [0.4, 0.5) is 4.79 Å². The molecule has 0 unspecified atom stereocenters. The van der Waals surface area contributed by atoms with Gasteiger partial charge in [-0.2, -0.15) is 0 Å². The zero-order valence-corrected chi connectivity index (χ0v) is 18.4. The van der Waals surface area contributed by atoms with Crippen LogP contribution in [0.15, 0.2) is 51.8 Å². The summed E-state index contributed by atoms with van der Waals surface area (Å²) < 4.78 is 16.9. The van der Waals surface area contributed by atoms with Gasteiger partial charge >= 0.3 is 0 Å². The summed E-state index contributed by atoms with van der Waals surface area (Å²) in [6.45, 7) is 1.11. The van der Waals surface area contributed by atoms with E-state index in [-0.39, 0.29) is 17.7 Å². The lowest BCUT2D eigenvalue weighted by Gasteiger charge is -2.12.